The Morgan fingerprint density at radius 2 is 1.90 bits per heavy atom. The van der Waals surface area contributed by atoms with E-state index in [9.17, 15) is 9.59 Å². The monoisotopic (exact) mass is 277 g/mol. The maximum Gasteiger partial charge on any atom is 0.239 e. The van der Waals surface area contributed by atoms with Crippen LogP contribution in [0.4, 0.5) is 0 Å². The molecule has 0 saturated heterocycles. The van der Waals surface area contributed by atoms with E-state index in [2.05, 4.69) is 10.6 Å². The minimum atomic E-state index is -0.163. The Bertz CT molecular complexity index is 458. The van der Waals surface area contributed by atoms with Gasteiger partial charge < -0.3 is 15.5 Å². The zero-order valence-electron chi connectivity index (χ0n) is 12.4. The number of nitrogens with one attached hydrogen (secondary N) is 2. The second kappa shape index (κ2) is 8.32. The Kier molecular flexibility index (Phi) is 6.73. The molecule has 1 aromatic carbocycles. The number of hydrogen-bond acceptors (Lipinski definition) is 3. The van der Waals surface area contributed by atoms with E-state index in [-0.39, 0.29) is 18.4 Å². The summed E-state index contributed by atoms with van der Waals surface area (Å²) in [6.45, 7) is 3.38. The first-order valence-electron chi connectivity index (χ1n) is 6.71. The van der Waals surface area contributed by atoms with Gasteiger partial charge in [0.2, 0.25) is 11.8 Å². The molecule has 110 valence electrons. The molecule has 0 saturated carbocycles. The van der Waals surface area contributed by atoms with Crippen molar-refractivity contribution in [2.45, 2.75) is 13.3 Å². The van der Waals surface area contributed by atoms with Crippen LogP contribution in [0.1, 0.15) is 11.1 Å². The Labute approximate surface area is 120 Å². The molecule has 0 atom stereocenters. The predicted octanol–water partition coefficient (Wildman–Crippen LogP) is 0.332. The van der Waals surface area contributed by atoms with Gasteiger partial charge in [0.25, 0.3) is 0 Å². The van der Waals surface area contributed by atoms with Crippen molar-refractivity contribution < 1.29 is 9.59 Å². The Balaban J connectivity index is 2.24. The third kappa shape index (κ3) is 6.89. The highest BCUT2D eigenvalue weighted by Crippen LogP contribution is 2.04. The highest BCUT2D eigenvalue weighted by molar-refractivity contribution is 5.85. The van der Waals surface area contributed by atoms with Crippen molar-refractivity contribution in [3.63, 3.8) is 0 Å². The van der Waals surface area contributed by atoms with Crippen LogP contribution in [0.5, 0.6) is 0 Å². The number of carbonyl (C=O) groups excluding carboxylic acids is 2. The minimum absolute atomic E-state index is 0.0259. The number of likely N-dealkylation sites (N-methyl/N-ethyl adjacent to an activating group) is 1. The molecule has 0 aliphatic carbocycles. The lowest BCUT2D eigenvalue weighted by Crippen LogP contribution is -2.39. The summed E-state index contributed by atoms with van der Waals surface area (Å²) < 4.78 is 0. The van der Waals surface area contributed by atoms with Crippen molar-refractivity contribution in [1.29, 1.82) is 0 Å². The van der Waals surface area contributed by atoms with Crippen LogP contribution in [0.3, 0.4) is 0 Å². The molecule has 5 heteroatoms. The summed E-state index contributed by atoms with van der Waals surface area (Å²) in [5.41, 5.74) is 2.08. The maximum absolute atomic E-state index is 11.7. The molecule has 2 amide bonds. The summed E-state index contributed by atoms with van der Waals surface area (Å²) in [6.07, 6.45) is 0.298. The van der Waals surface area contributed by atoms with Crippen molar-refractivity contribution in [3.8, 4) is 0 Å². The van der Waals surface area contributed by atoms with Gasteiger partial charge in [-0.2, -0.15) is 0 Å². The Morgan fingerprint density at radius 1 is 1.15 bits per heavy atom. The molecule has 20 heavy (non-hydrogen) atoms. The molecule has 0 radical (unpaired) electrons. The topological polar surface area (TPSA) is 61.4 Å². The highest BCUT2D eigenvalue weighted by Gasteiger charge is 2.06. The summed E-state index contributed by atoms with van der Waals surface area (Å²) >= 11 is 0. The molecule has 1 rings (SSSR count). The zero-order chi connectivity index (χ0) is 15.0. The van der Waals surface area contributed by atoms with Crippen LogP contribution in [-0.2, 0) is 16.0 Å². The third-order valence-electron chi connectivity index (χ3n) is 2.77. The van der Waals surface area contributed by atoms with Gasteiger partial charge in [0, 0.05) is 13.1 Å². The average molecular weight is 277 g/mol. The van der Waals surface area contributed by atoms with Gasteiger partial charge >= 0.3 is 0 Å². The number of carbonyl (C=O) groups is 2. The van der Waals surface area contributed by atoms with Crippen molar-refractivity contribution in [3.05, 3.63) is 35.4 Å². The van der Waals surface area contributed by atoms with Crippen LogP contribution in [0, 0.1) is 6.92 Å². The lowest BCUT2D eigenvalue weighted by Gasteiger charge is -2.11. The fourth-order valence-corrected chi connectivity index (χ4v) is 1.73. The van der Waals surface area contributed by atoms with Gasteiger partial charge in [-0.05, 0) is 26.6 Å². The second-order valence-electron chi connectivity index (χ2n) is 5.10. The molecule has 0 unspecified atom stereocenters. The number of amides is 2. The average Bonchev–Trinajstić information content (AvgIpc) is 2.36. The molecule has 0 bridgehead atoms. The summed E-state index contributed by atoms with van der Waals surface area (Å²) in [4.78, 5) is 25.2. The Hall–Kier alpha value is -1.88. The van der Waals surface area contributed by atoms with Gasteiger partial charge in [-0.25, -0.2) is 0 Å². The fraction of sp³-hybridized carbons (Fsp3) is 0.467. The number of rotatable bonds is 7. The third-order valence-corrected chi connectivity index (χ3v) is 2.77. The van der Waals surface area contributed by atoms with Crippen LogP contribution in [0.25, 0.3) is 0 Å². The zero-order valence-corrected chi connectivity index (χ0v) is 12.4. The number of aryl methyl sites for hydroxylation is 1. The lowest BCUT2D eigenvalue weighted by molar-refractivity contribution is -0.125. The van der Waals surface area contributed by atoms with E-state index in [1.54, 1.807) is 0 Å². The number of nitrogens with zero attached hydrogens (tertiary/aromatic N) is 1. The molecule has 0 aliphatic heterocycles. The van der Waals surface area contributed by atoms with Gasteiger partial charge in [-0.1, -0.05) is 29.8 Å². The van der Waals surface area contributed by atoms with Crippen molar-refractivity contribution in [1.82, 2.24) is 15.5 Å². The van der Waals surface area contributed by atoms with Gasteiger partial charge in [0.1, 0.15) is 0 Å². The molecule has 0 spiro atoms. The normalized spacial score (nSPS) is 10.4. The van der Waals surface area contributed by atoms with Crippen LogP contribution < -0.4 is 10.6 Å². The molecule has 0 heterocycles. The van der Waals surface area contributed by atoms with Crippen LogP contribution in [-0.4, -0.2) is 50.4 Å². The van der Waals surface area contributed by atoms with Gasteiger partial charge in [0.05, 0.1) is 13.0 Å². The van der Waals surface area contributed by atoms with E-state index in [4.69, 9.17) is 0 Å². The SMILES string of the molecule is Cc1cccc(CC(=O)NCC(=O)NCCN(C)C)c1. The van der Waals surface area contributed by atoms with Gasteiger partial charge in [-0.15, -0.1) is 0 Å². The first-order valence-corrected chi connectivity index (χ1v) is 6.71. The van der Waals surface area contributed by atoms with Crippen LogP contribution in [0.2, 0.25) is 0 Å². The van der Waals surface area contributed by atoms with E-state index in [0.29, 0.717) is 13.0 Å². The molecular formula is C15H23N3O2. The maximum atomic E-state index is 11.7. The first-order chi connectivity index (χ1) is 9.47. The lowest BCUT2D eigenvalue weighted by atomic mass is 10.1. The van der Waals surface area contributed by atoms with E-state index in [1.165, 1.54) is 0 Å². The van der Waals surface area contributed by atoms with Gasteiger partial charge in [0.15, 0.2) is 0 Å². The smallest absolute Gasteiger partial charge is 0.239 e. The van der Waals surface area contributed by atoms with Gasteiger partial charge in [-0.3, -0.25) is 9.59 Å². The predicted molar refractivity (Wildman–Crippen MR) is 79.5 cm³/mol. The summed E-state index contributed by atoms with van der Waals surface area (Å²) in [5.74, 6) is -0.303. The van der Waals surface area contributed by atoms with Crippen molar-refractivity contribution in [2.75, 3.05) is 33.7 Å². The molecule has 1 aromatic rings. The largest absolute Gasteiger partial charge is 0.353 e. The standard InChI is InChI=1S/C15H23N3O2/c1-12-5-4-6-13(9-12)10-14(19)17-11-15(20)16-7-8-18(2)3/h4-6,9H,7-8,10-11H2,1-3H3,(H,16,20)(H,17,19). The fourth-order valence-electron chi connectivity index (χ4n) is 1.73. The minimum Gasteiger partial charge on any atom is -0.353 e. The highest BCUT2D eigenvalue weighted by atomic mass is 16.2. The summed E-state index contributed by atoms with van der Waals surface area (Å²) in [7, 11) is 3.88. The summed E-state index contributed by atoms with van der Waals surface area (Å²) in [5, 5.41) is 5.37. The van der Waals surface area contributed by atoms with Crippen LogP contribution >= 0.6 is 0 Å². The molecule has 5 nitrogen and oxygen atoms in total. The number of hydrogen-bond donors (Lipinski definition) is 2. The first kappa shape index (κ1) is 16.2. The second-order valence-corrected chi connectivity index (χ2v) is 5.10. The Morgan fingerprint density at radius 3 is 2.55 bits per heavy atom. The summed E-state index contributed by atoms with van der Waals surface area (Å²) in [6, 6.07) is 7.78. The quantitative estimate of drug-likeness (QED) is 0.755. The van der Waals surface area contributed by atoms with Crippen molar-refractivity contribution in [2.24, 2.45) is 0 Å². The van der Waals surface area contributed by atoms with E-state index < -0.39 is 0 Å². The molecule has 2 N–H and O–H groups in total. The molecule has 0 fully saturated rings. The molecule has 0 aromatic heterocycles. The van der Waals surface area contributed by atoms with E-state index in [1.807, 2.05) is 50.2 Å². The van der Waals surface area contributed by atoms with E-state index >= 15 is 0 Å². The molecular weight excluding hydrogens is 254 g/mol. The molecule has 0 aliphatic rings. The van der Waals surface area contributed by atoms with Crippen LogP contribution in [0.15, 0.2) is 24.3 Å². The van der Waals surface area contributed by atoms with Crippen molar-refractivity contribution >= 4 is 11.8 Å². The number of benzene rings is 1. The van der Waals surface area contributed by atoms with E-state index in [0.717, 1.165) is 17.7 Å².